The molecule has 0 unspecified atom stereocenters. The summed E-state index contributed by atoms with van der Waals surface area (Å²) in [7, 11) is 0. The van der Waals surface area contributed by atoms with Crippen molar-refractivity contribution in [2.45, 2.75) is 18.8 Å². The predicted octanol–water partition coefficient (Wildman–Crippen LogP) is 2.03. The lowest BCUT2D eigenvalue weighted by atomic mass is 9.95. The molecule has 1 aromatic carbocycles. The molecule has 4 rings (SSSR count). The fourth-order valence-corrected chi connectivity index (χ4v) is 3.05. The molecule has 0 spiro atoms. The molecule has 3 heterocycles. The van der Waals surface area contributed by atoms with E-state index in [9.17, 15) is 4.79 Å². The highest BCUT2D eigenvalue weighted by atomic mass is 16.6. The molecule has 0 amide bonds. The van der Waals surface area contributed by atoms with Gasteiger partial charge in [-0.3, -0.25) is 4.79 Å². The molecule has 0 atom stereocenters. The quantitative estimate of drug-likeness (QED) is 0.869. The number of hydrogen-bond donors (Lipinski definition) is 1. The normalized spacial score (nSPS) is 18.9. The van der Waals surface area contributed by atoms with Gasteiger partial charge in [0, 0.05) is 12.0 Å². The molecule has 0 radical (unpaired) electrons. The lowest BCUT2D eigenvalue weighted by molar-refractivity contribution is 0.171. The molecular formula is C16H17NO4. The summed E-state index contributed by atoms with van der Waals surface area (Å²) in [6.07, 6.45) is 1.97. The molecule has 5 heteroatoms. The summed E-state index contributed by atoms with van der Waals surface area (Å²) in [5.41, 5.74) is 0.509. The van der Waals surface area contributed by atoms with Crippen LogP contribution in [-0.4, -0.2) is 26.3 Å². The number of benzene rings is 1. The van der Waals surface area contributed by atoms with E-state index in [0.29, 0.717) is 41.6 Å². The zero-order valence-electron chi connectivity index (χ0n) is 11.7. The maximum Gasteiger partial charge on any atom is 0.205 e. The average molecular weight is 287 g/mol. The van der Waals surface area contributed by atoms with E-state index in [4.69, 9.17) is 13.9 Å². The van der Waals surface area contributed by atoms with Gasteiger partial charge < -0.3 is 19.2 Å². The Hall–Kier alpha value is -2.01. The molecule has 0 bridgehead atoms. The standard InChI is InChI=1S/C16H17NO4/c18-12-9-14(10-3-5-17-6-4-10)21-15-11(12)1-2-13-16(15)20-8-7-19-13/h1-2,9-10,17H,3-8H2. The summed E-state index contributed by atoms with van der Waals surface area (Å²) >= 11 is 0. The van der Waals surface area contributed by atoms with Gasteiger partial charge in [0.1, 0.15) is 19.0 Å². The zero-order chi connectivity index (χ0) is 14.2. The fourth-order valence-electron chi connectivity index (χ4n) is 3.05. The highest BCUT2D eigenvalue weighted by Crippen LogP contribution is 2.38. The SMILES string of the molecule is O=c1cc(C2CCNCC2)oc2c3c(ccc12)OCCO3. The van der Waals surface area contributed by atoms with Gasteiger partial charge in [-0.15, -0.1) is 0 Å². The van der Waals surface area contributed by atoms with Crippen LogP contribution in [0.5, 0.6) is 11.5 Å². The molecule has 1 aromatic heterocycles. The van der Waals surface area contributed by atoms with Gasteiger partial charge >= 0.3 is 0 Å². The zero-order valence-corrected chi connectivity index (χ0v) is 11.7. The molecule has 0 saturated carbocycles. The van der Waals surface area contributed by atoms with Crippen LogP contribution in [-0.2, 0) is 0 Å². The second kappa shape index (κ2) is 5.07. The first-order valence-electron chi connectivity index (χ1n) is 7.40. The van der Waals surface area contributed by atoms with E-state index in [0.717, 1.165) is 31.7 Å². The van der Waals surface area contributed by atoms with Crippen LogP contribution < -0.4 is 20.2 Å². The maximum atomic E-state index is 12.4. The number of piperidine rings is 1. The number of nitrogens with one attached hydrogen (secondary N) is 1. The van der Waals surface area contributed by atoms with Gasteiger partial charge in [-0.2, -0.15) is 0 Å². The molecule has 2 aliphatic heterocycles. The summed E-state index contributed by atoms with van der Waals surface area (Å²) in [4.78, 5) is 12.4. The fraction of sp³-hybridized carbons (Fsp3) is 0.438. The highest BCUT2D eigenvalue weighted by Gasteiger charge is 2.22. The number of fused-ring (bicyclic) bond motifs is 3. The van der Waals surface area contributed by atoms with E-state index in [1.807, 2.05) is 0 Å². The first-order chi connectivity index (χ1) is 10.3. The molecule has 1 N–H and O–H groups in total. The first kappa shape index (κ1) is 12.7. The third-order valence-electron chi connectivity index (χ3n) is 4.16. The van der Waals surface area contributed by atoms with E-state index in [2.05, 4.69) is 5.32 Å². The van der Waals surface area contributed by atoms with E-state index in [-0.39, 0.29) is 5.43 Å². The van der Waals surface area contributed by atoms with Crippen LogP contribution >= 0.6 is 0 Å². The van der Waals surface area contributed by atoms with Gasteiger partial charge in [-0.1, -0.05) is 0 Å². The summed E-state index contributed by atoms with van der Waals surface area (Å²) < 4.78 is 17.3. The molecule has 5 nitrogen and oxygen atoms in total. The molecule has 21 heavy (non-hydrogen) atoms. The Balaban J connectivity index is 1.88. The van der Waals surface area contributed by atoms with Crippen LogP contribution in [0.1, 0.15) is 24.5 Å². The Bertz CT molecular complexity index is 731. The van der Waals surface area contributed by atoms with Crippen molar-refractivity contribution in [3.05, 3.63) is 34.2 Å². The van der Waals surface area contributed by atoms with Crippen molar-refractivity contribution in [1.82, 2.24) is 5.32 Å². The smallest absolute Gasteiger partial charge is 0.205 e. The Morgan fingerprint density at radius 1 is 1.10 bits per heavy atom. The third kappa shape index (κ3) is 2.17. The summed E-state index contributed by atoms with van der Waals surface area (Å²) in [5, 5.41) is 3.87. The van der Waals surface area contributed by atoms with Crippen LogP contribution in [0.4, 0.5) is 0 Å². The molecule has 2 aliphatic rings. The Morgan fingerprint density at radius 2 is 1.90 bits per heavy atom. The largest absolute Gasteiger partial charge is 0.486 e. The van der Waals surface area contributed by atoms with Crippen LogP contribution in [0.15, 0.2) is 27.4 Å². The maximum absolute atomic E-state index is 12.4. The summed E-state index contributed by atoms with van der Waals surface area (Å²) in [6, 6.07) is 5.16. The molecular weight excluding hydrogens is 270 g/mol. The lowest BCUT2D eigenvalue weighted by Crippen LogP contribution is -2.27. The van der Waals surface area contributed by atoms with E-state index in [1.165, 1.54) is 0 Å². The predicted molar refractivity (Wildman–Crippen MR) is 78.3 cm³/mol. The molecule has 0 aliphatic carbocycles. The van der Waals surface area contributed by atoms with Crippen LogP contribution in [0.2, 0.25) is 0 Å². The van der Waals surface area contributed by atoms with E-state index in [1.54, 1.807) is 18.2 Å². The minimum Gasteiger partial charge on any atom is -0.486 e. The van der Waals surface area contributed by atoms with Gasteiger partial charge in [0.15, 0.2) is 16.8 Å². The van der Waals surface area contributed by atoms with Gasteiger partial charge in [0.25, 0.3) is 0 Å². The van der Waals surface area contributed by atoms with E-state index < -0.39 is 0 Å². The van der Waals surface area contributed by atoms with Crippen LogP contribution in [0.3, 0.4) is 0 Å². The minimum atomic E-state index is -0.0123. The van der Waals surface area contributed by atoms with Gasteiger partial charge in [0.2, 0.25) is 5.75 Å². The second-order valence-corrected chi connectivity index (χ2v) is 5.50. The number of ether oxygens (including phenoxy) is 2. The Labute approximate surface area is 121 Å². The molecule has 110 valence electrons. The topological polar surface area (TPSA) is 60.7 Å². The van der Waals surface area contributed by atoms with Crippen molar-refractivity contribution in [1.29, 1.82) is 0 Å². The van der Waals surface area contributed by atoms with E-state index >= 15 is 0 Å². The third-order valence-corrected chi connectivity index (χ3v) is 4.16. The van der Waals surface area contributed by atoms with Crippen molar-refractivity contribution in [2.75, 3.05) is 26.3 Å². The molecule has 2 aromatic rings. The van der Waals surface area contributed by atoms with Crippen LogP contribution in [0, 0.1) is 0 Å². The van der Waals surface area contributed by atoms with Crippen molar-refractivity contribution in [3.63, 3.8) is 0 Å². The summed E-state index contributed by atoms with van der Waals surface area (Å²) in [6.45, 7) is 2.92. The molecule has 1 saturated heterocycles. The molecule has 1 fully saturated rings. The van der Waals surface area contributed by atoms with Gasteiger partial charge in [-0.05, 0) is 38.1 Å². The summed E-state index contributed by atoms with van der Waals surface area (Å²) in [5.74, 6) is 2.27. The first-order valence-corrected chi connectivity index (χ1v) is 7.40. The van der Waals surface area contributed by atoms with Crippen molar-refractivity contribution < 1.29 is 13.9 Å². The second-order valence-electron chi connectivity index (χ2n) is 5.50. The number of rotatable bonds is 1. The average Bonchev–Trinajstić information content (AvgIpc) is 2.55. The highest BCUT2D eigenvalue weighted by molar-refractivity contribution is 5.85. The Morgan fingerprint density at radius 3 is 2.76 bits per heavy atom. The van der Waals surface area contributed by atoms with Crippen molar-refractivity contribution >= 4 is 11.0 Å². The minimum absolute atomic E-state index is 0.0123. The van der Waals surface area contributed by atoms with Gasteiger partial charge in [-0.25, -0.2) is 0 Å². The lowest BCUT2D eigenvalue weighted by Gasteiger charge is -2.23. The van der Waals surface area contributed by atoms with Gasteiger partial charge in [0.05, 0.1) is 5.39 Å². The Kier molecular flexibility index (Phi) is 3.07. The van der Waals surface area contributed by atoms with Crippen molar-refractivity contribution in [3.8, 4) is 11.5 Å². The monoisotopic (exact) mass is 287 g/mol. The van der Waals surface area contributed by atoms with Crippen molar-refractivity contribution in [2.24, 2.45) is 0 Å². The number of hydrogen-bond acceptors (Lipinski definition) is 5. The van der Waals surface area contributed by atoms with Crippen LogP contribution in [0.25, 0.3) is 11.0 Å².